The van der Waals surface area contributed by atoms with Crippen molar-refractivity contribution in [2.75, 3.05) is 9.44 Å². The summed E-state index contributed by atoms with van der Waals surface area (Å²) in [5.41, 5.74) is 1.50. The van der Waals surface area contributed by atoms with E-state index in [4.69, 9.17) is 4.74 Å². The normalized spacial score (nSPS) is 11.8. The third-order valence-corrected chi connectivity index (χ3v) is 9.04. The Morgan fingerprint density at radius 3 is 1.29 bits per heavy atom. The molecule has 4 aromatic carbocycles. The van der Waals surface area contributed by atoms with Crippen LogP contribution in [0, 0.1) is 0 Å². The zero-order valence-electron chi connectivity index (χ0n) is 21.3. The Balaban J connectivity index is 1.13. The third kappa shape index (κ3) is 5.53. The lowest BCUT2D eigenvalue weighted by Gasteiger charge is -2.12. The minimum absolute atomic E-state index is 0.0864. The number of fused-ring (bicyclic) bond motifs is 2. The zero-order chi connectivity index (χ0) is 28.5. The number of sulfonamides is 2. The van der Waals surface area contributed by atoms with E-state index < -0.39 is 20.0 Å². The molecule has 0 spiro atoms. The molecule has 0 fully saturated rings. The van der Waals surface area contributed by atoms with Crippen LogP contribution in [0.3, 0.4) is 0 Å². The highest BCUT2D eigenvalue weighted by Gasteiger charge is 2.19. The molecule has 6 aromatic rings. The lowest BCUT2D eigenvalue weighted by Crippen LogP contribution is -2.13. The maximum atomic E-state index is 13.0. The number of para-hydroxylation sites is 2. The number of ether oxygens (including phenoxy) is 1. The second kappa shape index (κ2) is 10.5. The molecular formula is C30H22N4O5S2. The van der Waals surface area contributed by atoms with E-state index in [-0.39, 0.29) is 9.79 Å². The predicted octanol–water partition coefficient (Wildman–Crippen LogP) is 6.18. The molecule has 0 aliphatic heterocycles. The number of benzene rings is 4. The van der Waals surface area contributed by atoms with Crippen LogP contribution in [0.4, 0.5) is 11.4 Å². The fraction of sp³-hybridized carbons (Fsp3) is 0. The van der Waals surface area contributed by atoms with Crippen LogP contribution < -0.4 is 14.2 Å². The molecule has 0 saturated heterocycles. The molecule has 0 aliphatic carbocycles. The van der Waals surface area contributed by atoms with Gasteiger partial charge in [-0.15, -0.1) is 0 Å². The second-order valence-corrected chi connectivity index (χ2v) is 12.3. The SMILES string of the molecule is O=S(=O)(Nc1ccc(Oc2ccc(NS(=O)(=O)c3cccc4cccnc34)cc2)cc1)c1cccc2cccnc12. The molecule has 0 aliphatic rings. The maximum absolute atomic E-state index is 13.0. The van der Waals surface area contributed by atoms with E-state index in [1.54, 1.807) is 109 Å². The van der Waals surface area contributed by atoms with Gasteiger partial charge in [0.25, 0.3) is 20.0 Å². The van der Waals surface area contributed by atoms with Gasteiger partial charge in [-0.1, -0.05) is 36.4 Å². The number of rotatable bonds is 8. The lowest BCUT2D eigenvalue weighted by atomic mass is 10.2. The molecule has 2 N–H and O–H groups in total. The van der Waals surface area contributed by atoms with Crippen molar-refractivity contribution in [1.29, 1.82) is 0 Å². The summed E-state index contributed by atoms with van der Waals surface area (Å²) in [6.07, 6.45) is 3.11. The number of hydrogen-bond donors (Lipinski definition) is 2. The molecule has 0 radical (unpaired) electrons. The number of aromatic nitrogens is 2. The van der Waals surface area contributed by atoms with Crippen LogP contribution in [0.5, 0.6) is 11.5 Å². The summed E-state index contributed by atoms with van der Waals surface area (Å²) < 4.78 is 63.2. The van der Waals surface area contributed by atoms with Crippen molar-refractivity contribution in [1.82, 2.24) is 9.97 Å². The highest BCUT2D eigenvalue weighted by molar-refractivity contribution is 7.93. The fourth-order valence-corrected chi connectivity index (χ4v) is 6.80. The number of nitrogens with one attached hydrogen (secondary N) is 2. The first-order valence-corrected chi connectivity index (χ1v) is 15.4. The first-order chi connectivity index (χ1) is 19.8. The zero-order valence-corrected chi connectivity index (χ0v) is 22.9. The van der Waals surface area contributed by atoms with Gasteiger partial charge in [0.15, 0.2) is 0 Å². The van der Waals surface area contributed by atoms with Crippen molar-refractivity contribution in [2.24, 2.45) is 0 Å². The highest BCUT2D eigenvalue weighted by Crippen LogP contribution is 2.28. The molecule has 2 aromatic heterocycles. The highest BCUT2D eigenvalue weighted by atomic mass is 32.2. The number of anilines is 2. The molecular weight excluding hydrogens is 560 g/mol. The summed E-state index contributed by atoms with van der Waals surface area (Å²) in [7, 11) is -7.75. The van der Waals surface area contributed by atoms with E-state index in [1.807, 2.05) is 0 Å². The summed E-state index contributed by atoms with van der Waals surface area (Å²) in [6, 6.07) is 30.0. The van der Waals surface area contributed by atoms with Gasteiger partial charge in [-0.05, 0) is 72.8 Å². The molecule has 0 saturated carbocycles. The Morgan fingerprint density at radius 2 is 0.878 bits per heavy atom. The van der Waals surface area contributed by atoms with Crippen molar-refractivity contribution in [3.8, 4) is 11.5 Å². The smallest absolute Gasteiger partial charge is 0.264 e. The Morgan fingerprint density at radius 1 is 0.488 bits per heavy atom. The van der Waals surface area contributed by atoms with Gasteiger partial charge in [-0.2, -0.15) is 0 Å². The van der Waals surface area contributed by atoms with E-state index in [1.165, 1.54) is 12.1 Å². The third-order valence-electron chi connectivity index (χ3n) is 6.22. The average Bonchev–Trinajstić information content (AvgIpc) is 2.98. The Hall–Kier alpha value is -5.00. The minimum atomic E-state index is -3.88. The van der Waals surface area contributed by atoms with Gasteiger partial charge in [-0.3, -0.25) is 19.4 Å². The summed E-state index contributed by atoms with van der Waals surface area (Å²) >= 11 is 0. The Labute approximate surface area is 236 Å². The first-order valence-electron chi connectivity index (χ1n) is 12.4. The number of hydrogen-bond acceptors (Lipinski definition) is 7. The molecule has 0 atom stereocenters. The van der Waals surface area contributed by atoms with Gasteiger partial charge in [0.1, 0.15) is 21.3 Å². The number of nitrogens with zero attached hydrogens (tertiary/aromatic N) is 2. The molecule has 2 heterocycles. The van der Waals surface area contributed by atoms with Crippen LogP contribution >= 0.6 is 0 Å². The van der Waals surface area contributed by atoms with Crippen molar-refractivity contribution < 1.29 is 21.6 Å². The van der Waals surface area contributed by atoms with E-state index >= 15 is 0 Å². The summed E-state index contributed by atoms with van der Waals surface area (Å²) in [6.45, 7) is 0. The van der Waals surface area contributed by atoms with Crippen molar-refractivity contribution in [3.05, 3.63) is 122 Å². The van der Waals surface area contributed by atoms with Crippen LogP contribution in [0.15, 0.2) is 131 Å². The maximum Gasteiger partial charge on any atom is 0.264 e. The predicted molar refractivity (Wildman–Crippen MR) is 158 cm³/mol. The van der Waals surface area contributed by atoms with Crippen LogP contribution in [0.25, 0.3) is 21.8 Å². The van der Waals surface area contributed by atoms with E-state index in [2.05, 4.69) is 19.4 Å². The average molecular weight is 583 g/mol. The summed E-state index contributed by atoms with van der Waals surface area (Å²) in [4.78, 5) is 8.62. The summed E-state index contributed by atoms with van der Waals surface area (Å²) in [5, 5.41) is 1.45. The number of pyridine rings is 2. The monoisotopic (exact) mass is 582 g/mol. The van der Waals surface area contributed by atoms with E-state index in [9.17, 15) is 16.8 Å². The molecule has 0 bridgehead atoms. The molecule has 41 heavy (non-hydrogen) atoms. The van der Waals surface area contributed by atoms with Crippen molar-refractivity contribution >= 4 is 53.2 Å². The van der Waals surface area contributed by atoms with Gasteiger partial charge >= 0.3 is 0 Å². The van der Waals surface area contributed by atoms with Crippen LogP contribution in [0.1, 0.15) is 0 Å². The van der Waals surface area contributed by atoms with Crippen LogP contribution in [-0.4, -0.2) is 26.8 Å². The summed E-state index contributed by atoms with van der Waals surface area (Å²) in [5.74, 6) is 0.935. The van der Waals surface area contributed by atoms with E-state index in [0.29, 0.717) is 33.9 Å². The van der Waals surface area contributed by atoms with Crippen LogP contribution in [0.2, 0.25) is 0 Å². The van der Waals surface area contributed by atoms with E-state index in [0.717, 1.165) is 10.8 Å². The van der Waals surface area contributed by atoms with Crippen molar-refractivity contribution in [3.63, 3.8) is 0 Å². The van der Waals surface area contributed by atoms with Gasteiger partial charge < -0.3 is 4.74 Å². The lowest BCUT2D eigenvalue weighted by molar-refractivity contribution is 0.483. The quantitative estimate of drug-likeness (QED) is 0.219. The van der Waals surface area contributed by atoms with Gasteiger partial charge in [0.2, 0.25) is 0 Å². The van der Waals surface area contributed by atoms with Crippen LogP contribution in [-0.2, 0) is 20.0 Å². The standard InChI is InChI=1S/C30H22N4O5S2/c35-40(36,27-9-1-5-21-7-3-19-31-29(21)27)33-23-11-15-25(16-12-23)39-26-17-13-24(14-18-26)34-41(37,38)28-10-2-6-22-8-4-20-32-30(22)28/h1-20,33-34H. The molecule has 9 nitrogen and oxygen atoms in total. The molecule has 6 rings (SSSR count). The van der Waals surface area contributed by atoms with Gasteiger partial charge in [0.05, 0.1) is 11.0 Å². The first kappa shape index (κ1) is 26.2. The molecule has 11 heteroatoms. The van der Waals surface area contributed by atoms with Gasteiger partial charge in [0, 0.05) is 34.5 Å². The molecule has 204 valence electrons. The molecule has 0 unspecified atom stereocenters. The second-order valence-electron chi connectivity index (χ2n) is 9.02. The van der Waals surface area contributed by atoms with Crippen molar-refractivity contribution in [2.45, 2.75) is 9.79 Å². The van der Waals surface area contributed by atoms with Gasteiger partial charge in [-0.25, -0.2) is 16.8 Å². The molecule has 0 amide bonds. The topological polar surface area (TPSA) is 127 Å². The minimum Gasteiger partial charge on any atom is -0.457 e. The Bertz CT molecular complexity index is 1940. The fourth-order valence-electron chi connectivity index (χ4n) is 4.32. The largest absolute Gasteiger partial charge is 0.457 e. The Kier molecular flexibility index (Phi) is 6.73.